The van der Waals surface area contributed by atoms with Crippen molar-refractivity contribution >= 4 is 23.0 Å². The Morgan fingerprint density at radius 3 is 2.52 bits per heavy atom. The fourth-order valence-electron chi connectivity index (χ4n) is 1.79. The number of benzene rings is 2. The van der Waals surface area contributed by atoms with Crippen LogP contribution in [0.4, 0.5) is 17.1 Å². The third-order valence-electron chi connectivity index (χ3n) is 2.80. The summed E-state index contributed by atoms with van der Waals surface area (Å²) in [5.74, 6) is -0.633. The number of aromatic hydroxyl groups is 1. The molecule has 0 saturated heterocycles. The topological polar surface area (TPSA) is 118 Å². The average Bonchev–Trinajstić information content (AvgIpc) is 2.43. The van der Waals surface area contributed by atoms with Crippen LogP contribution in [0.5, 0.6) is 5.75 Å². The summed E-state index contributed by atoms with van der Waals surface area (Å²) in [7, 11) is 0. The SMILES string of the molecule is Nc1ccc(CC(=O)Nc2ccc(O)cc2[N+](=O)[O-])cc1. The van der Waals surface area contributed by atoms with Crippen LogP contribution in [-0.4, -0.2) is 15.9 Å². The van der Waals surface area contributed by atoms with Gasteiger partial charge in [-0.05, 0) is 29.8 Å². The van der Waals surface area contributed by atoms with E-state index in [4.69, 9.17) is 5.73 Å². The summed E-state index contributed by atoms with van der Waals surface area (Å²) in [6, 6.07) is 10.3. The fraction of sp³-hybridized carbons (Fsp3) is 0.0714. The molecule has 0 heterocycles. The molecule has 108 valence electrons. The molecule has 0 atom stereocenters. The van der Waals surface area contributed by atoms with Crippen LogP contribution in [-0.2, 0) is 11.2 Å². The molecule has 0 aliphatic carbocycles. The Balaban J connectivity index is 2.12. The lowest BCUT2D eigenvalue weighted by molar-refractivity contribution is -0.384. The average molecular weight is 287 g/mol. The molecule has 4 N–H and O–H groups in total. The molecular weight excluding hydrogens is 274 g/mol. The van der Waals surface area contributed by atoms with Crippen LogP contribution < -0.4 is 11.1 Å². The van der Waals surface area contributed by atoms with Gasteiger partial charge in [0, 0.05) is 5.69 Å². The van der Waals surface area contributed by atoms with Crippen LogP contribution in [0.1, 0.15) is 5.56 Å². The summed E-state index contributed by atoms with van der Waals surface area (Å²) in [6.07, 6.45) is 0.0678. The van der Waals surface area contributed by atoms with E-state index >= 15 is 0 Å². The van der Waals surface area contributed by atoms with Crippen molar-refractivity contribution in [1.82, 2.24) is 0 Å². The van der Waals surface area contributed by atoms with E-state index in [-0.39, 0.29) is 23.5 Å². The van der Waals surface area contributed by atoms with Gasteiger partial charge in [0.05, 0.1) is 17.4 Å². The third kappa shape index (κ3) is 3.69. The van der Waals surface area contributed by atoms with Crippen LogP contribution >= 0.6 is 0 Å². The lowest BCUT2D eigenvalue weighted by Crippen LogP contribution is -2.15. The summed E-state index contributed by atoms with van der Waals surface area (Å²) >= 11 is 0. The number of nitrogens with two attached hydrogens (primary N) is 1. The van der Waals surface area contributed by atoms with Gasteiger partial charge in [-0.1, -0.05) is 12.1 Å². The second-order valence-corrected chi connectivity index (χ2v) is 4.43. The standard InChI is InChI=1S/C14H13N3O4/c15-10-3-1-9(2-4-10)7-14(19)16-12-6-5-11(18)8-13(12)17(20)21/h1-6,8,18H,7,15H2,(H,16,19). The highest BCUT2D eigenvalue weighted by molar-refractivity contribution is 5.94. The van der Waals surface area contributed by atoms with Crippen molar-refractivity contribution in [2.45, 2.75) is 6.42 Å². The molecule has 7 nitrogen and oxygen atoms in total. The van der Waals surface area contributed by atoms with Crippen LogP contribution in [0, 0.1) is 10.1 Å². The second kappa shape index (κ2) is 5.91. The first kappa shape index (κ1) is 14.3. The molecule has 2 aromatic carbocycles. The van der Waals surface area contributed by atoms with Crippen LogP contribution in [0.25, 0.3) is 0 Å². The Labute approximate surface area is 120 Å². The zero-order valence-corrected chi connectivity index (χ0v) is 10.9. The molecule has 0 bridgehead atoms. The number of nitro benzene ring substituents is 1. The van der Waals surface area contributed by atoms with Crippen molar-refractivity contribution in [1.29, 1.82) is 0 Å². The third-order valence-corrected chi connectivity index (χ3v) is 2.80. The number of phenolic OH excluding ortho intramolecular Hbond substituents is 1. The van der Waals surface area contributed by atoms with Crippen LogP contribution in [0.3, 0.4) is 0 Å². The molecule has 0 aliphatic heterocycles. The monoisotopic (exact) mass is 287 g/mol. The molecule has 2 rings (SSSR count). The van der Waals surface area contributed by atoms with Crippen molar-refractivity contribution in [3.63, 3.8) is 0 Å². The van der Waals surface area contributed by atoms with E-state index in [1.165, 1.54) is 12.1 Å². The minimum Gasteiger partial charge on any atom is -0.508 e. The Bertz CT molecular complexity index is 683. The van der Waals surface area contributed by atoms with Crippen molar-refractivity contribution in [3.05, 3.63) is 58.1 Å². The maximum Gasteiger partial charge on any atom is 0.296 e. The van der Waals surface area contributed by atoms with Gasteiger partial charge in [-0.15, -0.1) is 0 Å². The van der Waals surface area contributed by atoms with E-state index in [1.54, 1.807) is 24.3 Å². The normalized spacial score (nSPS) is 10.1. The highest BCUT2D eigenvalue weighted by atomic mass is 16.6. The number of nitrogen functional groups attached to an aromatic ring is 1. The number of amides is 1. The summed E-state index contributed by atoms with van der Waals surface area (Å²) in [6.45, 7) is 0. The Morgan fingerprint density at radius 1 is 1.24 bits per heavy atom. The largest absolute Gasteiger partial charge is 0.508 e. The number of nitro groups is 1. The van der Waals surface area contributed by atoms with Gasteiger partial charge in [-0.2, -0.15) is 0 Å². The first-order valence-corrected chi connectivity index (χ1v) is 6.07. The molecule has 7 heteroatoms. The van der Waals surface area contributed by atoms with Gasteiger partial charge in [0.2, 0.25) is 5.91 Å². The zero-order valence-electron chi connectivity index (χ0n) is 10.9. The molecule has 2 aromatic rings. The molecule has 0 fully saturated rings. The first-order chi connectivity index (χ1) is 9.95. The highest BCUT2D eigenvalue weighted by Crippen LogP contribution is 2.28. The summed E-state index contributed by atoms with van der Waals surface area (Å²) in [4.78, 5) is 22.1. The molecular formula is C14H13N3O4. The Kier molecular flexibility index (Phi) is 4.03. The van der Waals surface area contributed by atoms with Crippen molar-refractivity contribution in [2.75, 3.05) is 11.1 Å². The van der Waals surface area contributed by atoms with Gasteiger partial charge < -0.3 is 16.2 Å². The van der Waals surface area contributed by atoms with Gasteiger partial charge in [-0.25, -0.2) is 0 Å². The summed E-state index contributed by atoms with van der Waals surface area (Å²) in [5.41, 5.74) is 6.56. The summed E-state index contributed by atoms with van der Waals surface area (Å²) in [5, 5.41) is 22.6. The number of carbonyl (C=O) groups is 1. The van der Waals surface area contributed by atoms with Gasteiger partial charge in [0.25, 0.3) is 5.69 Å². The van der Waals surface area contributed by atoms with E-state index in [2.05, 4.69) is 5.32 Å². The number of hydrogen-bond donors (Lipinski definition) is 3. The van der Waals surface area contributed by atoms with Gasteiger partial charge in [0.1, 0.15) is 11.4 Å². The smallest absolute Gasteiger partial charge is 0.296 e. The number of anilines is 2. The molecule has 21 heavy (non-hydrogen) atoms. The molecule has 1 amide bonds. The lowest BCUT2D eigenvalue weighted by Gasteiger charge is -2.06. The number of nitrogens with zero attached hydrogens (tertiary/aromatic N) is 1. The van der Waals surface area contributed by atoms with E-state index in [0.717, 1.165) is 11.6 Å². The van der Waals surface area contributed by atoms with E-state index in [9.17, 15) is 20.0 Å². The predicted molar refractivity (Wildman–Crippen MR) is 77.9 cm³/mol. The summed E-state index contributed by atoms with van der Waals surface area (Å²) < 4.78 is 0. The molecule has 0 saturated carbocycles. The van der Waals surface area contributed by atoms with Crippen molar-refractivity contribution in [3.8, 4) is 5.75 Å². The number of carbonyl (C=O) groups excluding carboxylic acids is 1. The molecule has 0 unspecified atom stereocenters. The zero-order chi connectivity index (χ0) is 15.4. The molecule has 0 aliphatic rings. The fourth-order valence-corrected chi connectivity index (χ4v) is 1.79. The second-order valence-electron chi connectivity index (χ2n) is 4.43. The van der Waals surface area contributed by atoms with Gasteiger partial charge >= 0.3 is 0 Å². The van der Waals surface area contributed by atoms with E-state index < -0.39 is 10.8 Å². The van der Waals surface area contributed by atoms with E-state index in [1.807, 2.05) is 0 Å². The minimum absolute atomic E-state index is 0.0400. The molecule has 0 radical (unpaired) electrons. The minimum atomic E-state index is -0.668. The Hall–Kier alpha value is -3.09. The predicted octanol–water partition coefficient (Wildman–Crippen LogP) is 2.06. The van der Waals surface area contributed by atoms with Gasteiger partial charge in [-0.3, -0.25) is 14.9 Å². The van der Waals surface area contributed by atoms with Crippen molar-refractivity contribution in [2.24, 2.45) is 0 Å². The number of rotatable bonds is 4. The number of nitrogens with one attached hydrogen (secondary N) is 1. The van der Waals surface area contributed by atoms with Gasteiger partial charge in [0.15, 0.2) is 0 Å². The quantitative estimate of drug-likeness (QED) is 0.344. The highest BCUT2D eigenvalue weighted by Gasteiger charge is 2.16. The molecule has 0 aromatic heterocycles. The van der Waals surface area contributed by atoms with Crippen LogP contribution in [0.15, 0.2) is 42.5 Å². The maximum absolute atomic E-state index is 11.9. The lowest BCUT2D eigenvalue weighted by atomic mass is 10.1. The first-order valence-electron chi connectivity index (χ1n) is 6.07. The van der Waals surface area contributed by atoms with E-state index in [0.29, 0.717) is 5.69 Å². The maximum atomic E-state index is 11.9. The van der Waals surface area contributed by atoms with Crippen LogP contribution in [0.2, 0.25) is 0 Å². The number of hydrogen-bond acceptors (Lipinski definition) is 5. The van der Waals surface area contributed by atoms with Crippen molar-refractivity contribution < 1.29 is 14.8 Å². The molecule has 0 spiro atoms. The number of phenols is 1. The Morgan fingerprint density at radius 2 is 1.90 bits per heavy atom.